The number of amides is 1. The molecule has 2 heterocycles. The molecule has 1 aromatic rings. The number of rotatable bonds is 2. The Kier molecular flexibility index (Phi) is 3.05. The van der Waals surface area contributed by atoms with Gasteiger partial charge in [-0.05, 0) is 13.1 Å². The van der Waals surface area contributed by atoms with Gasteiger partial charge in [0.05, 0.1) is 11.3 Å². The van der Waals surface area contributed by atoms with E-state index in [1.54, 1.807) is 12.3 Å². The van der Waals surface area contributed by atoms with Crippen molar-refractivity contribution in [3.8, 4) is 0 Å². The minimum absolute atomic E-state index is 0.00236. The van der Waals surface area contributed by atoms with Gasteiger partial charge in [0.15, 0.2) is 6.29 Å². The van der Waals surface area contributed by atoms with Crippen molar-refractivity contribution in [1.29, 1.82) is 0 Å². The van der Waals surface area contributed by atoms with Crippen molar-refractivity contribution in [2.24, 2.45) is 0 Å². The van der Waals surface area contributed by atoms with Crippen molar-refractivity contribution >= 4 is 12.2 Å². The van der Waals surface area contributed by atoms with Crippen LogP contribution in [0.25, 0.3) is 0 Å². The summed E-state index contributed by atoms with van der Waals surface area (Å²) in [6, 6.07) is 1.59. The number of carbonyl (C=O) groups excluding carboxylic acids is 2. The standard InChI is InChI=1S/C11H15N3O2/c1-13-2-4-14(5-3-13)11(16)9-6-10(8-15)12-7-9/h6-8,12H,2-5H2,1H3. The van der Waals surface area contributed by atoms with E-state index in [0.29, 0.717) is 17.5 Å². The predicted molar refractivity (Wildman–Crippen MR) is 59.6 cm³/mol. The molecule has 2 rings (SSSR count). The smallest absolute Gasteiger partial charge is 0.255 e. The number of aromatic nitrogens is 1. The van der Waals surface area contributed by atoms with Crippen molar-refractivity contribution in [3.63, 3.8) is 0 Å². The zero-order valence-electron chi connectivity index (χ0n) is 9.27. The Morgan fingerprint density at radius 3 is 2.62 bits per heavy atom. The van der Waals surface area contributed by atoms with Gasteiger partial charge in [-0.2, -0.15) is 0 Å². The molecule has 1 amide bonds. The zero-order valence-corrected chi connectivity index (χ0v) is 9.27. The first kappa shape index (κ1) is 10.9. The second-order valence-corrected chi connectivity index (χ2v) is 4.06. The Bertz CT molecular complexity index is 392. The van der Waals surface area contributed by atoms with Crippen LogP contribution in [0.2, 0.25) is 0 Å². The van der Waals surface area contributed by atoms with E-state index in [2.05, 4.69) is 9.88 Å². The van der Waals surface area contributed by atoms with Crippen LogP contribution in [0.3, 0.4) is 0 Å². The fourth-order valence-corrected chi connectivity index (χ4v) is 1.80. The van der Waals surface area contributed by atoms with Crippen molar-refractivity contribution in [2.45, 2.75) is 0 Å². The highest BCUT2D eigenvalue weighted by Gasteiger charge is 2.20. The number of aldehydes is 1. The number of carbonyl (C=O) groups is 2. The van der Waals surface area contributed by atoms with Gasteiger partial charge >= 0.3 is 0 Å². The Hall–Kier alpha value is -1.62. The molecule has 0 unspecified atom stereocenters. The maximum atomic E-state index is 12.0. The summed E-state index contributed by atoms with van der Waals surface area (Å²) in [6.07, 6.45) is 2.30. The molecule has 0 saturated carbocycles. The van der Waals surface area contributed by atoms with Gasteiger partial charge in [-0.25, -0.2) is 0 Å². The zero-order chi connectivity index (χ0) is 11.5. The molecule has 0 radical (unpaired) electrons. The van der Waals surface area contributed by atoms with Crippen LogP contribution < -0.4 is 0 Å². The largest absolute Gasteiger partial charge is 0.358 e. The SMILES string of the molecule is CN1CCN(C(=O)c2c[nH]c(C=O)c2)CC1. The Labute approximate surface area is 94.0 Å². The Morgan fingerprint density at radius 1 is 1.38 bits per heavy atom. The third-order valence-electron chi connectivity index (χ3n) is 2.87. The number of piperazine rings is 1. The van der Waals surface area contributed by atoms with Crippen molar-refractivity contribution in [2.75, 3.05) is 33.2 Å². The van der Waals surface area contributed by atoms with Crippen molar-refractivity contribution in [1.82, 2.24) is 14.8 Å². The van der Waals surface area contributed by atoms with Gasteiger partial charge in [0.2, 0.25) is 0 Å². The molecule has 0 aliphatic carbocycles. The first-order chi connectivity index (χ1) is 7.70. The van der Waals surface area contributed by atoms with Crippen molar-refractivity contribution < 1.29 is 9.59 Å². The summed E-state index contributed by atoms with van der Waals surface area (Å²) in [4.78, 5) is 29.3. The van der Waals surface area contributed by atoms with E-state index in [1.807, 2.05) is 11.9 Å². The van der Waals surface area contributed by atoms with E-state index in [4.69, 9.17) is 0 Å². The average molecular weight is 221 g/mol. The summed E-state index contributed by atoms with van der Waals surface area (Å²) in [5, 5.41) is 0. The highest BCUT2D eigenvalue weighted by atomic mass is 16.2. The lowest BCUT2D eigenvalue weighted by Gasteiger charge is -2.32. The first-order valence-corrected chi connectivity index (χ1v) is 5.32. The second kappa shape index (κ2) is 4.49. The van der Waals surface area contributed by atoms with E-state index in [-0.39, 0.29) is 5.91 Å². The fraction of sp³-hybridized carbons (Fsp3) is 0.455. The normalized spacial score (nSPS) is 17.4. The number of nitrogens with zero attached hydrogens (tertiary/aromatic N) is 2. The number of likely N-dealkylation sites (N-methyl/N-ethyl adjacent to an activating group) is 1. The summed E-state index contributed by atoms with van der Waals surface area (Å²) in [7, 11) is 2.04. The first-order valence-electron chi connectivity index (χ1n) is 5.32. The Balaban J connectivity index is 2.04. The van der Waals surface area contributed by atoms with E-state index in [0.717, 1.165) is 26.2 Å². The van der Waals surface area contributed by atoms with Crippen LogP contribution in [0.1, 0.15) is 20.8 Å². The van der Waals surface area contributed by atoms with Gasteiger partial charge in [0.1, 0.15) is 0 Å². The molecule has 1 saturated heterocycles. The highest BCUT2D eigenvalue weighted by molar-refractivity contribution is 5.95. The fourth-order valence-electron chi connectivity index (χ4n) is 1.80. The van der Waals surface area contributed by atoms with Crippen LogP contribution >= 0.6 is 0 Å². The van der Waals surface area contributed by atoms with Crippen LogP contribution in [0.5, 0.6) is 0 Å². The molecule has 1 N–H and O–H groups in total. The molecule has 1 aliphatic heterocycles. The van der Waals surface area contributed by atoms with Crippen LogP contribution in [-0.4, -0.2) is 60.2 Å². The number of hydrogen-bond donors (Lipinski definition) is 1. The quantitative estimate of drug-likeness (QED) is 0.727. The second-order valence-electron chi connectivity index (χ2n) is 4.06. The van der Waals surface area contributed by atoms with Gasteiger partial charge in [-0.15, -0.1) is 0 Å². The van der Waals surface area contributed by atoms with Crippen molar-refractivity contribution in [3.05, 3.63) is 23.5 Å². The van der Waals surface area contributed by atoms with Gasteiger partial charge in [0, 0.05) is 32.4 Å². The van der Waals surface area contributed by atoms with E-state index < -0.39 is 0 Å². The van der Waals surface area contributed by atoms with Crippen LogP contribution in [-0.2, 0) is 0 Å². The van der Waals surface area contributed by atoms with Crippen LogP contribution in [0.15, 0.2) is 12.3 Å². The number of hydrogen-bond acceptors (Lipinski definition) is 3. The lowest BCUT2D eigenvalue weighted by atomic mass is 10.2. The van der Waals surface area contributed by atoms with E-state index in [1.165, 1.54) is 0 Å². The summed E-state index contributed by atoms with van der Waals surface area (Å²) < 4.78 is 0. The van der Waals surface area contributed by atoms with E-state index in [9.17, 15) is 9.59 Å². The molecule has 0 aromatic carbocycles. The number of H-pyrrole nitrogens is 1. The van der Waals surface area contributed by atoms with Gasteiger partial charge < -0.3 is 14.8 Å². The summed E-state index contributed by atoms with van der Waals surface area (Å²) in [5.74, 6) is -0.00236. The molecule has 5 nitrogen and oxygen atoms in total. The lowest BCUT2D eigenvalue weighted by molar-refractivity contribution is 0.0664. The van der Waals surface area contributed by atoms with Crippen LogP contribution in [0.4, 0.5) is 0 Å². The molecular weight excluding hydrogens is 206 g/mol. The van der Waals surface area contributed by atoms with E-state index >= 15 is 0 Å². The number of aromatic amines is 1. The molecule has 0 atom stereocenters. The van der Waals surface area contributed by atoms with Gasteiger partial charge in [-0.3, -0.25) is 9.59 Å². The summed E-state index contributed by atoms with van der Waals surface area (Å²) in [6.45, 7) is 3.29. The summed E-state index contributed by atoms with van der Waals surface area (Å²) in [5.41, 5.74) is 1.00. The van der Waals surface area contributed by atoms with Gasteiger partial charge in [0.25, 0.3) is 5.91 Å². The third kappa shape index (κ3) is 2.14. The molecule has 5 heteroatoms. The molecule has 1 aliphatic rings. The van der Waals surface area contributed by atoms with Gasteiger partial charge in [-0.1, -0.05) is 0 Å². The molecular formula is C11H15N3O2. The monoisotopic (exact) mass is 221 g/mol. The number of nitrogens with one attached hydrogen (secondary N) is 1. The minimum atomic E-state index is -0.00236. The van der Waals surface area contributed by atoms with Crippen LogP contribution in [0, 0.1) is 0 Å². The maximum Gasteiger partial charge on any atom is 0.255 e. The highest BCUT2D eigenvalue weighted by Crippen LogP contribution is 2.08. The molecule has 16 heavy (non-hydrogen) atoms. The molecule has 0 bridgehead atoms. The average Bonchev–Trinajstić information content (AvgIpc) is 2.77. The summed E-state index contributed by atoms with van der Waals surface area (Å²) >= 11 is 0. The lowest BCUT2D eigenvalue weighted by Crippen LogP contribution is -2.47. The molecule has 86 valence electrons. The molecule has 0 spiro atoms. The third-order valence-corrected chi connectivity index (χ3v) is 2.87. The molecule has 1 fully saturated rings. The minimum Gasteiger partial charge on any atom is -0.358 e. The Morgan fingerprint density at radius 2 is 2.06 bits per heavy atom. The maximum absolute atomic E-state index is 12.0. The predicted octanol–water partition coefficient (Wildman–Crippen LogP) is 0.215. The molecule has 1 aromatic heterocycles. The topological polar surface area (TPSA) is 56.4 Å².